The van der Waals surface area contributed by atoms with Crippen LogP contribution in [0, 0.1) is 17.5 Å². The van der Waals surface area contributed by atoms with Gasteiger partial charge in [-0.05, 0) is 37.2 Å². The van der Waals surface area contributed by atoms with Gasteiger partial charge < -0.3 is 5.32 Å². The first-order valence-corrected chi connectivity index (χ1v) is 6.87. The molecule has 2 rings (SSSR count). The molecule has 0 aliphatic rings. The summed E-state index contributed by atoms with van der Waals surface area (Å²) in [7, 11) is 1.66. The lowest BCUT2D eigenvalue weighted by Crippen LogP contribution is -2.21. The zero-order valence-corrected chi connectivity index (χ0v) is 12.3. The molecule has 0 fully saturated rings. The van der Waals surface area contributed by atoms with Gasteiger partial charge in [0.25, 0.3) is 0 Å². The minimum Gasteiger partial charge on any atom is -0.313 e. The number of likely N-dealkylation sites (N-methyl/N-ethyl adjacent to an activating group) is 1. The molecule has 0 amide bonds. The van der Waals surface area contributed by atoms with Gasteiger partial charge in [0.05, 0.1) is 0 Å². The predicted molar refractivity (Wildman–Crippen MR) is 76.0 cm³/mol. The minimum atomic E-state index is -1.43. The summed E-state index contributed by atoms with van der Waals surface area (Å²) in [5.41, 5.74) is 1.09. The van der Waals surface area contributed by atoms with Gasteiger partial charge >= 0.3 is 0 Å². The van der Waals surface area contributed by atoms with E-state index in [2.05, 4.69) is 21.2 Å². The molecule has 1 nitrogen and oxygen atoms in total. The highest BCUT2D eigenvalue weighted by Gasteiger charge is 2.20. The summed E-state index contributed by atoms with van der Waals surface area (Å²) >= 11 is 3.34. The van der Waals surface area contributed by atoms with E-state index in [1.807, 2.05) is 24.3 Å². The third-order valence-corrected chi connectivity index (χ3v) is 3.67. The van der Waals surface area contributed by atoms with Crippen molar-refractivity contribution in [1.29, 1.82) is 0 Å². The van der Waals surface area contributed by atoms with Crippen LogP contribution < -0.4 is 5.32 Å². The molecule has 1 unspecified atom stereocenters. The molecule has 0 bridgehead atoms. The summed E-state index contributed by atoms with van der Waals surface area (Å²) in [4.78, 5) is 0. The Morgan fingerprint density at radius 3 is 2.25 bits per heavy atom. The first-order chi connectivity index (χ1) is 9.52. The van der Waals surface area contributed by atoms with Gasteiger partial charge in [-0.15, -0.1) is 0 Å². The van der Waals surface area contributed by atoms with Gasteiger partial charge in [-0.3, -0.25) is 0 Å². The van der Waals surface area contributed by atoms with Crippen LogP contribution in [-0.2, 0) is 6.42 Å². The minimum absolute atomic E-state index is 0.120. The average molecular weight is 344 g/mol. The third-order valence-electron chi connectivity index (χ3n) is 3.14. The molecule has 0 aliphatic carbocycles. The second-order valence-corrected chi connectivity index (χ2v) is 5.35. The van der Waals surface area contributed by atoms with Crippen molar-refractivity contribution in [2.45, 2.75) is 12.5 Å². The fourth-order valence-electron chi connectivity index (χ4n) is 2.03. The van der Waals surface area contributed by atoms with Crippen LogP contribution in [0.5, 0.6) is 0 Å². The van der Waals surface area contributed by atoms with Gasteiger partial charge in [0.15, 0.2) is 17.5 Å². The molecule has 20 heavy (non-hydrogen) atoms. The summed E-state index contributed by atoms with van der Waals surface area (Å²) in [5.74, 6) is -3.75. The van der Waals surface area contributed by atoms with Gasteiger partial charge in [-0.2, -0.15) is 0 Å². The van der Waals surface area contributed by atoms with E-state index < -0.39 is 23.5 Å². The molecule has 106 valence electrons. The maximum Gasteiger partial charge on any atom is 0.194 e. The van der Waals surface area contributed by atoms with E-state index in [0.717, 1.165) is 16.1 Å². The van der Waals surface area contributed by atoms with Crippen molar-refractivity contribution in [3.05, 3.63) is 69.4 Å². The van der Waals surface area contributed by atoms with E-state index in [1.165, 1.54) is 6.07 Å². The number of benzene rings is 2. The Balaban J connectivity index is 2.29. The predicted octanol–water partition coefficient (Wildman–Crippen LogP) is 4.37. The van der Waals surface area contributed by atoms with Crippen molar-refractivity contribution >= 4 is 15.9 Å². The second kappa shape index (κ2) is 6.41. The quantitative estimate of drug-likeness (QED) is 0.813. The number of halogens is 4. The van der Waals surface area contributed by atoms with Crippen LogP contribution in [0.25, 0.3) is 0 Å². The van der Waals surface area contributed by atoms with Gasteiger partial charge in [0.2, 0.25) is 0 Å². The third kappa shape index (κ3) is 3.22. The summed E-state index contributed by atoms with van der Waals surface area (Å²) in [6.07, 6.45) is 0.478. The Morgan fingerprint density at radius 2 is 1.65 bits per heavy atom. The number of hydrogen-bond acceptors (Lipinski definition) is 1. The molecule has 2 aromatic rings. The van der Waals surface area contributed by atoms with Crippen LogP contribution in [0.2, 0.25) is 0 Å². The molecule has 0 aliphatic heterocycles. The van der Waals surface area contributed by atoms with Crippen LogP contribution >= 0.6 is 15.9 Å². The fourth-order valence-corrected chi connectivity index (χ4v) is 2.30. The summed E-state index contributed by atoms with van der Waals surface area (Å²) < 4.78 is 41.0. The monoisotopic (exact) mass is 343 g/mol. The summed E-state index contributed by atoms with van der Waals surface area (Å²) in [5, 5.41) is 2.93. The lowest BCUT2D eigenvalue weighted by atomic mass is 9.98. The van der Waals surface area contributed by atoms with Gasteiger partial charge in [-0.25, -0.2) is 13.2 Å². The van der Waals surface area contributed by atoms with Crippen LogP contribution in [0.3, 0.4) is 0 Å². The highest BCUT2D eigenvalue weighted by atomic mass is 79.9. The number of rotatable bonds is 4. The van der Waals surface area contributed by atoms with Gasteiger partial charge in [0.1, 0.15) is 0 Å². The van der Waals surface area contributed by atoms with Gasteiger partial charge in [-0.1, -0.05) is 34.1 Å². The smallest absolute Gasteiger partial charge is 0.194 e. The van der Waals surface area contributed by atoms with Crippen LogP contribution in [0.1, 0.15) is 17.2 Å². The lowest BCUT2D eigenvalue weighted by Gasteiger charge is -2.18. The number of hydrogen-bond donors (Lipinski definition) is 1. The molecule has 1 atom stereocenters. The van der Waals surface area contributed by atoms with E-state index in [4.69, 9.17) is 0 Å². The fraction of sp³-hybridized carbons (Fsp3) is 0.200. The Bertz CT molecular complexity index is 599. The van der Waals surface area contributed by atoms with E-state index in [-0.39, 0.29) is 5.56 Å². The molecular formula is C15H13BrF3N. The molecule has 0 saturated carbocycles. The first-order valence-electron chi connectivity index (χ1n) is 6.08. The topological polar surface area (TPSA) is 12.0 Å². The molecular weight excluding hydrogens is 331 g/mol. The molecule has 0 aromatic heterocycles. The first kappa shape index (κ1) is 15.1. The van der Waals surface area contributed by atoms with Crippen molar-refractivity contribution in [2.75, 3.05) is 7.05 Å². The van der Waals surface area contributed by atoms with Crippen LogP contribution in [0.4, 0.5) is 13.2 Å². The lowest BCUT2D eigenvalue weighted by molar-refractivity contribution is 0.428. The SMILES string of the molecule is CNC(Cc1ccc(Br)cc1)c1ccc(F)c(F)c1F. The van der Waals surface area contributed by atoms with E-state index >= 15 is 0 Å². The zero-order chi connectivity index (χ0) is 14.7. The number of nitrogens with one attached hydrogen (secondary N) is 1. The van der Waals surface area contributed by atoms with Crippen LogP contribution in [0.15, 0.2) is 40.9 Å². The highest BCUT2D eigenvalue weighted by molar-refractivity contribution is 9.10. The summed E-state index contributed by atoms with van der Waals surface area (Å²) in [6, 6.07) is 9.34. The maximum absolute atomic E-state index is 13.8. The standard InChI is InChI=1S/C15H13BrF3N/c1-20-13(8-9-2-4-10(16)5-3-9)11-6-7-12(17)15(19)14(11)18/h2-7,13,20H,8H2,1H3. The Labute approximate surface area is 123 Å². The molecule has 0 spiro atoms. The van der Waals surface area contributed by atoms with Crippen LogP contribution in [-0.4, -0.2) is 7.05 Å². The molecule has 0 saturated heterocycles. The Morgan fingerprint density at radius 1 is 1.00 bits per heavy atom. The molecule has 0 radical (unpaired) electrons. The average Bonchev–Trinajstić information content (AvgIpc) is 2.45. The molecule has 5 heteroatoms. The van der Waals surface area contributed by atoms with Crippen molar-refractivity contribution in [3.8, 4) is 0 Å². The molecule has 1 N–H and O–H groups in total. The van der Waals surface area contributed by atoms with Crippen molar-refractivity contribution < 1.29 is 13.2 Å². The zero-order valence-electron chi connectivity index (χ0n) is 10.8. The van der Waals surface area contributed by atoms with E-state index in [9.17, 15) is 13.2 Å². The Hall–Kier alpha value is -1.33. The normalized spacial score (nSPS) is 12.4. The van der Waals surface area contributed by atoms with Crippen molar-refractivity contribution in [2.24, 2.45) is 0 Å². The highest BCUT2D eigenvalue weighted by Crippen LogP contribution is 2.24. The maximum atomic E-state index is 13.8. The van der Waals surface area contributed by atoms with Crippen molar-refractivity contribution in [1.82, 2.24) is 5.32 Å². The Kier molecular flexibility index (Phi) is 4.83. The van der Waals surface area contributed by atoms with Gasteiger partial charge in [0, 0.05) is 16.1 Å². The molecule has 0 heterocycles. The second-order valence-electron chi connectivity index (χ2n) is 4.44. The van der Waals surface area contributed by atoms with E-state index in [1.54, 1.807) is 7.05 Å². The van der Waals surface area contributed by atoms with E-state index in [0.29, 0.717) is 6.42 Å². The summed E-state index contributed by atoms with van der Waals surface area (Å²) in [6.45, 7) is 0. The molecule has 2 aromatic carbocycles. The largest absolute Gasteiger partial charge is 0.313 e. The van der Waals surface area contributed by atoms with Crippen molar-refractivity contribution in [3.63, 3.8) is 0 Å².